The van der Waals surface area contributed by atoms with E-state index in [0.29, 0.717) is 18.8 Å². The predicted octanol–water partition coefficient (Wildman–Crippen LogP) is 1.60. The van der Waals surface area contributed by atoms with Gasteiger partial charge in [0.05, 0.1) is 12.6 Å². The maximum absolute atomic E-state index is 10.5. The van der Waals surface area contributed by atoms with Crippen molar-refractivity contribution in [1.82, 2.24) is 4.90 Å². The normalized spacial score (nSPS) is 12.1. The van der Waals surface area contributed by atoms with E-state index in [2.05, 4.69) is 13.8 Å². The lowest BCUT2D eigenvalue weighted by Crippen LogP contribution is -2.36. The van der Waals surface area contributed by atoms with Crippen LogP contribution in [-0.4, -0.2) is 30.0 Å². The molecule has 1 heterocycles. The maximum Gasteiger partial charge on any atom is 0.433 e. The summed E-state index contributed by atoms with van der Waals surface area (Å²) in [6, 6.07) is 3.00. The second kappa shape index (κ2) is 5.29. The Morgan fingerprint density at radius 2 is 2.18 bits per heavy atom. The molecule has 0 saturated heterocycles. The molecule has 1 aromatic rings. The van der Waals surface area contributed by atoms with Crippen LogP contribution in [0.3, 0.4) is 0 Å². The largest absolute Gasteiger partial charge is 0.433 e. The van der Waals surface area contributed by atoms with Gasteiger partial charge in [0.15, 0.2) is 0 Å². The Kier molecular flexibility index (Phi) is 4.25. The second-order valence-corrected chi connectivity index (χ2v) is 5.04. The van der Waals surface area contributed by atoms with E-state index >= 15 is 0 Å². The van der Waals surface area contributed by atoms with Crippen molar-refractivity contribution in [2.24, 2.45) is 11.1 Å². The number of nitro groups is 1. The third-order valence-corrected chi connectivity index (χ3v) is 2.50. The first-order valence-corrected chi connectivity index (χ1v) is 5.46. The van der Waals surface area contributed by atoms with Gasteiger partial charge in [-0.1, -0.05) is 13.8 Å². The molecule has 0 spiro atoms. The van der Waals surface area contributed by atoms with E-state index in [4.69, 9.17) is 10.2 Å². The highest BCUT2D eigenvalue weighted by Gasteiger charge is 2.19. The van der Waals surface area contributed by atoms with Crippen LogP contribution in [0.15, 0.2) is 16.5 Å². The third kappa shape index (κ3) is 4.16. The quantitative estimate of drug-likeness (QED) is 0.604. The van der Waals surface area contributed by atoms with E-state index in [1.807, 2.05) is 11.9 Å². The van der Waals surface area contributed by atoms with Gasteiger partial charge in [-0.2, -0.15) is 0 Å². The molecule has 0 amide bonds. The molecule has 1 rings (SSSR count). The molecule has 1 aromatic heterocycles. The molecule has 0 aliphatic rings. The fourth-order valence-corrected chi connectivity index (χ4v) is 1.67. The topological polar surface area (TPSA) is 85.5 Å². The molecular formula is C11H19N3O3. The minimum absolute atomic E-state index is 0.0211. The summed E-state index contributed by atoms with van der Waals surface area (Å²) in [5.41, 5.74) is 5.67. The molecule has 0 aromatic carbocycles. The van der Waals surface area contributed by atoms with E-state index in [-0.39, 0.29) is 11.3 Å². The smallest absolute Gasteiger partial charge is 0.404 e. The van der Waals surface area contributed by atoms with Crippen molar-refractivity contribution in [3.05, 3.63) is 28.0 Å². The van der Waals surface area contributed by atoms with Crippen molar-refractivity contribution >= 4 is 5.88 Å². The van der Waals surface area contributed by atoms with Crippen molar-refractivity contribution < 1.29 is 9.34 Å². The number of hydrogen-bond acceptors (Lipinski definition) is 5. The molecule has 6 heteroatoms. The maximum atomic E-state index is 10.5. The fourth-order valence-electron chi connectivity index (χ4n) is 1.67. The highest BCUT2D eigenvalue weighted by molar-refractivity contribution is 5.17. The molecule has 17 heavy (non-hydrogen) atoms. The van der Waals surface area contributed by atoms with Crippen LogP contribution in [0.25, 0.3) is 0 Å². The summed E-state index contributed by atoms with van der Waals surface area (Å²) in [7, 11) is 1.94. The SMILES string of the molecule is CN(Cc1ccc([N+](=O)[O-])o1)CC(C)(C)CN. The number of hydrogen-bond donors (Lipinski definition) is 1. The van der Waals surface area contributed by atoms with Gasteiger partial charge >= 0.3 is 5.88 Å². The van der Waals surface area contributed by atoms with Crippen molar-refractivity contribution in [2.75, 3.05) is 20.1 Å². The molecule has 0 unspecified atom stereocenters. The molecule has 0 fully saturated rings. The van der Waals surface area contributed by atoms with Crippen molar-refractivity contribution in [3.8, 4) is 0 Å². The van der Waals surface area contributed by atoms with Gasteiger partial charge in [0.2, 0.25) is 0 Å². The molecule has 6 nitrogen and oxygen atoms in total. The average molecular weight is 241 g/mol. The van der Waals surface area contributed by atoms with Gasteiger partial charge in [-0.3, -0.25) is 15.0 Å². The molecule has 0 saturated carbocycles. The summed E-state index contributed by atoms with van der Waals surface area (Å²) in [4.78, 5) is 12.0. The Morgan fingerprint density at radius 1 is 1.53 bits per heavy atom. The highest BCUT2D eigenvalue weighted by Crippen LogP contribution is 2.19. The molecule has 0 bridgehead atoms. The summed E-state index contributed by atoms with van der Waals surface area (Å²) in [5.74, 6) is 0.374. The highest BCUT2D eigenvalue weighted by atomic mass is 16.6. The Balaban J connectivity index is 2.56. The van der Waals surface area contributed by atoms with E-state index in [1.54, 1.807) is 6.07 Å². The zero-order valence-corrected chi connectivity index (χ0v) is 10.5. The Morgan fingerprint density at radius 3 is 2.65 bits per heavy atom. The third-order valence-electron chi connectivity index (χ3n) is 2.50. The number of nitrogens with two attached hydrogens (primary N) is 1. The minimum Gasteiger partial charge on any atom is -0.404 e. The lowest BCUT2D eigenvalue weighted by atomic mass is 9.93. The first kappa shape index (κ1) is 13.7. The van der Waals surface area contributed by atoms with Gasteiger partial charge in [0.1, 0.15) is 10.7 Å². The van der Waals surface area contributed by atoms with Gasteiger partial charge in [0, 0.05) is 6.54 Å². The van der Waals surface area contributed by atoms with Crippen LogP contribution in [-0.2, 0) is 6.54 Å². The number of furan rings is 1. The molecule has 0 aliphatic heterocycles. The van der Waals surface area contributed by atoms with Crippen LogP contribution in [0.5, 0.6) is 0 Å². The minimum atomic E-state index is -0.534. The van der Waals surface area contributed by atoms with Crippen LogP contribution in [0, 0.1) is 15.5 Å². The first-order valence-electron chi connectivity index (χ1n) is 5.46. The van der Waals surface area contributed by atoms with Gasteiger partial charge in [0.25, 0.3) is 0 Å². The fraction of sp³-hybridized carbons (Fsp3) is 0.636. The van der Waals surface area contributed by atoms with Gasteiger partial charge in [-0.25, -0.2) is 0 Å². The van der Waals surface area contributed by atoms with Crippen LogP contribution in [0.2, 0.25) is 0 Å². The molecule has 0 atom stereocenters. The van der Waals surface area contributed by atoms with Crippen molar-refractivity contribution in [3.63, 3.8) is 0 Å². The zero-order valence-electron chi connectivity index (χ0n) is 10.5. The molecule has 0 radical (unpaired) electrons. The molecule has 2 N–H and O–H groups in total. The van der Waals surface area contributed by atoms with E-state index in [1.165, 1.54) is 6.07 Å². The molecular weight excluding hydrogens is 222 g/mol. The summed E-state index contributed by atoms with van der Waals surface area (Å²) in [6.45, 7) is 6.09. The summed E-state index contributed by atoms with van der Waals surface area (Å²) < 4.78 is 5.09. The molecule has 0 aliphatic carbocycles. The summed E-state index contributed by atoms with van der Waals surface area (Å²) in [5, 5.41) is 10.5. The Hall–Kier alpha value is -1.40. The van der Waals surface area contributed by atoms with E-state index < -0.39 is 4.92 Å². The number of nitrogens with zero attached hydrogens (tertiary/aromatic N) is 2. The average Bonchev–Trinajstić information content (AvgIpc) is 2.65. The van der Waals surface area contributed by atoms with Crippen molar-refractivity contribution in [1.29, 1.82) is 0 Å². The van der Waals surface area contributed by atoms with Gasteiger partial charge in [-0.05, 0) is 25.1 Å². The monoisotopic (exact) mass is 241 g/mol. The second-order valence-electron chi connectivity index (χ2n) is 5.04. The molecule has 96 valence electrons. The summed E-state index contributed by atoms with van der Waals surface area (Å²) >= 11 is 0. The van der Waals surface area contributed by atoms with Crippen LogP contribution >= 0.6 is 0 Å². The van der Waals surface area contributed by atoms with Crippen LogP contribution in [0.1, 0.15) is 19.6 Å². The van der Waals surface area contributed by atoms with Gasteiger partial charge in [-0.15, -0.1) is 0 Å². The lowest BCUT2D eigenvalue weighted by molar-refractivity contribution is -0.402. The number of rotatable bonds is 6. The van der Waals surface area contributed by atoms with Crippen molar-refractivity contribution in [2.45, 2.75) is 20.4 Å². The Bertz CT molecular complexity index is 387. The lowest BCUT2D eigenvalue weighted by Gasteiger charge is -2.28. The van der Waals surface area contributed by atoms with E-state index in [9.17, 15) is 10.1 Å². The summed E-state index contributed by atoms with van der Waals surface area (Å²) in [6.07, 6.45) is 0. The first-order chi connectivity index (χ1) is 7.84. The van der Waals surface area contributed by atoms with Gasteiger partial charge < -0.3 is 10.2 Å². The van der Waals surface area contributed by atoms with Crippen LogP contribution < -0.4 is 5.73 Å². The Labute approximate surface area is 101 Å². The predicted molar refractivity (Wildman–Crippen MR) is 64.5 cm³/mol. The standard InChI is InChI=1S/C11H19N3O3/c1-11(2,7-12)8-13(3)6-9-4-5-10(17-9)14(15)16/h4-5H,6-8,12H2,1-3H3. The van der Waals surface area contributed by atoms with E-state index in [0.717, 1.165) is 6.54 Å². The van der Waals surface area contributed by atoms with Crippen LogP contribution in [0.4, 0.5) is 5.88 Å². The zero-order chi connectivity index (χ0) is 13.1.